The molecule has 18 heavy (non-hydrogen) atoms. The molecule has 3 nitrogen and oxygen atoms in total. The number of amides is 1. The number of rotatable bonds is 6. The van der Waals surface area contributed by atoms with Gasteiger partial charge in [0.1, 0.15) is 0 Å². The Morgan fingerprint density at radius 3 is 2.56 bits per heavy atom. The van der Waals surface area contributed by atoms with Crippen molar-refractivity contribution in [3.63, 3.8) is 0 Å². The lowest BCUT2D eigenvalue weighted by Crippen LogP contribution is -2.24. The Labute approximate surface area is 109 Å². The average molecular weight is 247 g/mol. The number of hydrogen-bond donors (Lipinski definition) is 2. The quantitative estimate of drug-likeness (QED) is 0.755. The fourth-order valence-electron chi connectivity index (χ4n) is 1.65. The SMILES string of the molecule is CC(C)Cc1ccc(/C=C/C(=O)NCCO)cc1. The lowest BCUT2D eigenvalue weighted by Gasteiger charge is -2.04. The molecule has 1 amide bonds. The molecule has 2 N–H and O–H groups in total. The summed E-state index contributed by atoms with van der Waals surface area (Å²) < 4.78 is 0. The van der Waals surface area contributed by atoms with Crippen LogP contribution in [0.3, 0.4) is 0 Å². The van der Waals surface area contributed by atoms with Crippen molar-refractivity contribution >= 4 is 12.0 Å². The maximum absolute atomic E-state index is 11.3. The molecule has 0 aromatic heterocycles. The van der Waals surface area contributed by atoms with E-state index in [1.807, 2.05) is 12.1 Å². The van der Waals surface area contributed by atoms with Gasteiger partial charge in [0.15, 0.2) is 0 Å². The van der Waals surface area contributed by atoms with Gasteiger partial charge in [-0.1, -0.05) is 38.1 Å². The Kier molecular flexibility index (Phi) is 6.15. The van der Waals surface area contributed by atoms with E-state index in [4.69, 9.17) is 5.11 Å². The first-order chi connectivity index (χ1) is 8.61. The van der Waals surface area contributed by atoms with Crippen LogP contribution in [0.4, 0.5) is 0 Å². The van der Waals surface area contributed by atoms with Crippen LogP contribution in [0.5, 0.6) is 0 Å². The molecule has 0 aliphatic heterocycles. The minimum absolute atomic E-state index is 0.0382. The number of hydrogen-bond acceptors (Lipinski definition) is 2. The van der Waals surface area contributed by atoms with Crippen molar-refractivity contribution in [1.29, 1.82) is 0 Å². The molecule has 0 unspecified atom stereocenters. The third-order valence-electron chi connectivity index (χ3n) is 2.46. The Balaban J connectivity index is 2.52. The summed E-state index contributed by atoms with van der Waals surface area (Å²) in [6.45, 7) is 4.64. The van der Waals surface area contributed by atoms with Crippen LogP contribution in [0.1, 0.15) is 25.0 Å². The second-order valence-electron chi connectivity index (χ2n) is 4.69. The van der Waals surface area contributed by atoms with Crippen LogP contribution in [0.2, 0.25) is 0 Å². The maximum atomic E-state index is 11.3. The predicted octanol–water partition coefficient (Wildman–Crippen LogP) is 2.01. The van der Waals surface area contributed by atoms with Crippen LogP contribution in [0, 0.1) is 5.92 Å². The lowest BCUT2D eigenvalue weighted by atomic mass is 10.0. The van der Waals surface area contributed by atoms with E-state index in [0.717, 1.165) is 12.0 Å². The summed E-state index contributed by atoms with van der Waals surface area (Å²) >= 11 is 0. The van der Waals surface area contributed by atoms with E-state index in [2.05, 4.69) is 31.3 Å². The second-order valence-corrected chi connectivity index (χ2v) is 4.69. The van der Waals surface area contributed by atoms with Crippen molar-refractivity contribution in [2.45, 2.75) is 20.3 Å². The van der Waals surface area contributed by atoms with Gasteiger partial charge in [-0.05, 0) is 29.5 Å². The molecular weight excluding hydrogens is 226 g/mol. The van der Waals surface area contributed by atoms with Gasteiger partial charge < -0.3 is 10.4 Å². The van der Waals surface area contributed by atoms with Gasteiger partial charge in [-0.2, -0.15) is 0 Å². The number of carbonyl (C=O) groups excluding carboxylic acids is 1. The molecule has 3 heteroatoms. The van der Waals surface area contributed by atoms with Crippen LogP contribution >= 0.6 is 0 Å². The van der Waals surface area contributed by atoms with Gasteiger partial charge in [0, 0.05) is 12.6 Å². The van der Waals surface area contributed by atoms with Crippen LogP contribution in [-0.2, 0) is 11.2 Å². The first kappa shape index (κ1) is 14.5. The molecule has 0 atom stereocenters. The van der Waals surface area contributed by atoms with Crippen molar-refractivity contribution in [1.82, 2.24) is 5.32 Å². The Bertz CT molecular complexity index is 393. The van der Waals surface area contributed by atoms with E-state index in [9.17, 15) is 4.79 Å². The van der Waals surface area contributed by atoms with Crippen LogP contribution in [-0.4, -0.2) is 24.2 Å². The minimum Gasteiger partial charge on any atom is -0.395 e. The fourth-order valence-corrected chi connectivity index (χ4v) is 1.65. The van der Waals surface area contributed by atoms with Gasteiger partial charge in [0.25, 0.3) is 0 Å². The normalized spacial score (nSPS) is 11.1. The Morgan fingerprint density at radius 2 is 2.00 bits per heavy atom. The molecule has 0 saturated carbocycles. The first-order valence-electron chi connectivity index (χ1n) is 6.27. The second kappa shape index (κ2) is 7.67. The van der Waals surface area contributed by atoms with Crippen LogP contribution < -0.4 is 5.32 Å². The summed E-state index contributed by atoms with van der Waals surface area (Å²) in [5.74, 6) is 0.464. The zero-order valence-electron chi connectivity index (χ0n) is 11.0. The summed E-state index contributed by atoms with van der Waals surface area (Å²) in [5.41, 5.74) is 2.31. The molecule has 0 saturated heterocycles. The van der Waals surface area contributed by atoms with E-state index >= 15 is 0 Å². The topological polar surface area (TPSA) is 49.3 Å². The van der Waals surface area contributed by atoms with Crippen molar-refractivity contribution in [3.05, 3.63) is 41.5 Å². The Morgan fingerprint density at radius 1 is 1.33 bits per heavy atom. The van der Waals surface area contributed by atoms with E-state index in [-0.39, 0.29) is 19.1 Å². The van der Waals surface area contributed by atoms with Gasteiger partial charge >= 0.3 is 0 Å². The average Bonchev–Trinajstić information content (AvgIpc) is 2.35. The summed E-state index contributed by atoms with van der Waals surface area (Å²) in [5, 5.41) is 11.1. The van der Waals surface area contributed by atoms with Crippen molar-refractivity contribution in [2.75, 3.05) is 13.2 Å². The molecule has 98 valence electrons. The minimum atomic E-state index is -0.185. The van der Waals surface area contributed by atoms with Gasteiger partial charge in [0.05, 0.1) is 6.61 Å². The van der Waals surface area contributed by atoms with Gasteiger partial charge in [0.2, 0.25) is 5.91 Å². The standard InChI is InChI=1S/C15H21NO2/c1-12(2)11-14-5-3-13(4-6-14)7-8-15(18)16-9-10-17/h3-8,12,17H,9-11H2,1-2H3,(H,16,18)/b8-7+. The van der Waals surface area contributed by atoms with Crippen LogP contribution in [0.25, 0.3) is 6.08 Å². The van der Waals surface area contributed by atoms with Gasteiger partial charge in [-0.3, -0.25) is 4.79 Å². The van der Waals surface area contributed by atoms with Gasteiger partial charge in [-0.25, -0.2) is 0 Å². The smallest absolute Gasteiger partial charge is 0.244 e. The van der Waals surface area contributed by atoms with Crippen molar-refractivity contribution in [2.24, 2.45) is 5.92 Å². The highest BCUT2D eigenvalue weighted by Crippen LogP contribution is 2.10. The molecule has 1 aromatic carbocycles. The van der Waals surface area contributed by atoms with E-state index in [0.29, 0.717) is 5.92 Å². The summed E-state index contributed by atoms with van der Waals surface area (Å²) in [4.78, 5) is 11.3. The molecule has 0 heterocycles. The van der Waals surface area contributed by atoms with E-state index in [1.54, 1.807) is 6.08 Å². The molecule has 0 fully saturated rings. The molecular formula is C15H21NO2. The highest BCUT2D eigenvalue weighted by atomic mass is 16.3. The van der Waals surface area contributed by atoms with Crippen molar-refractivity contribution < 1.29 is 9.90 Å². The lowest BCUT2D eigenvalue weighted by molar-refractivity contribution is -0.116. The van der Waals surface area contributed by atoms with Crippen molar-refractivity contribution in [3.8, 4) is 0 Å². The number of benzene rings is 1. The number of carbonyl (C=O) groups is 1. The summed E-state index contributed by atoms with van der Waals surface area (Å²) in [6, 6.07) is 8.19. The summed E-state index contributed by atoms with van der Waals surface area (Å²) in [7, 11) is 0. The molecule has 0 spiro atoms. The molecule has 0 aliphatic rings. The highest BCUT2D eigenvalue weighted by molar-refractivity contribution is 5.91. The third kappa shape index (κ3) is 5.64. The van der Waals surface area contributed by atoms with E-state index in [1.165, 1.54) is 11.6 Å². The molecule has 1 rings (SSSR count). The molecule has 0 radical (unpaired) electrons. The van der Waals surface area contributed by atoms with Crippen LogP contribution in [0.15, 0.2) is 30.3 Å². The maximum Gasteiger partial charge on any atom is 0.244 e. The monoisotopic (exact) mass is 247 g/mol. The molecule has 1 aromatic rings. The number of nitrogens with one attached hydrogen (secondary N) is 1. The fraction of sp³-hybridized carbons (Fsp3) is 0.400. The number of aliphatic hydroxyl groups is 1. The van der Waals surface area contributed by atoms with E-state index < -0.39 is 0 Å². The van der Waals surface area contributed by atoms with Gasteiger partial charge in [-0.15, -0.1) is 0 Å². The highest BCUT2D eigenvalue weighted by Gasteiger charge is 1.97. The third-order valence-corrected chi connectivity index (χ3v) is 2.46. The number of aliphatic hydroxyl groups excluding tert-OH is 1. The largest absolute Gasteiger partial charge is 0.395 e. The zero-order valence-corrected chi connectivity index (χ0v) is 11.0. The summed E-state index contributed by atoms with van der Waals surface area (Å²) in [6.07, 6.45) is 4.32. The first-order valence-corrected chi connectivity index (χ1v) is 6.27. The molecule has 0 bridgehead atoms. The predicted molar refractivity (Wildman–Crippen MR) is 74.1 cm³/mol. The zero-order chi connectivity index (χ0) is 13.4. The Hall–Kier alpha value is -1.61. The molecule has 0 aliphatic carbocycles.